The van der Waals surface area contributed by atoms with Crippen LogP contribution in [0.25, 0.3) is 64.6 Å². The van der Waals surface area contributed by atoms with Gasteiger partial charge in [-0.05, 0) is 50.1 Å². The minimum Gasteiger partial charge on any atom is -0.305 e. The summed E-state index contributed by atoms with van der Waals surface area (Å²) < 4.78 is 2.66. The first-order valence-corrected chi connectivity index (χ1v) is 22.2. The van der Waals surface area contributed by atoms with Crippen molar-refractivity contribution in [3.63, 3.8) is 0 Å². The molecule has 8 aromatic rings. The van der Waals surface area contributed by atoms with Gasteiger partial charge in [-0.15, -0.1) is 46.8 Å². The number of rotatable bonds is 6. The molecule has 0 N–H and O–H groups in total. The maximum Gasteiger partial charge on any atom is 0.0795 e. The largest absolute Gasteiger partial charge is 0.305 e. The third-order valence-electron chi connectivity index (χ3n) is 9.62. The first-order valence-electron chi connectivity index (χ1n) is 17.9. The predicted octanol–water partition coefficient (Wildman–Crippen LogP) is 13.1. The Hall–Kier alpha value is -4.25. The Kier molecular flexibility index (Phi) is 11.4. The van der Waals surface area contributed by atoms with Gasteiger partial charge in [-0.1, -0.05) is 166 Å². The van der Waals surface area contributed by atoms with Crippen molar-refractivity contribution in [2.24, 2.45) is 0 Å². The van der Waals surface area contributed by atoms with E-state index in [4.69, 9.17) is 4.98 Å². The van der Waals surface area contributed by atoms with Crippen molar-refractivity contribution in [1.29, 1.82) is 0 Å². The summed E-state index contributed by atoms with van der Waals surface area (Å²) in [6.45, 7) is 16.0. The van der Waals surface area contributed by atoms with Crippen LogP contribution in [0.5, 0.6) is 0 Å². The van der Waals surface area contributed by atoms with Crippen LogP contribution in [0.2, 0.25) is 19.6 Å². The summed E-state index contributed by atoms with van der Waals surface area (Å²) in [4.78, 5) is 9.42. The molecule has 263 valence electrons. The summed E-state index contributed by atoms with van der Waals surface area (Å²) in [5, 5.41) is 6.49. The second-order valence-corrected chi connectivity index (χ2v) is 21.0. The number of hydrogen-bond acceptors (Lipinski definition) is 3. The minimum absolute atomic E-state index is 0. The Morgan fingerprint density at radius 1 is 0.654 bits per heavy atom. The van der Waals surface area contributed by atoms with Crippen molar-refractivity contribution in [3.8, 4) is 33.6 Å². The molecular weight excluding hydrogens is 845 g/mol. The predicted molar refractivity (Wildman–Crippen MR) is 224 cm³/mol. The molecule has 0 aliphatic carbocycles. The molecule has 0 saturated heterocycles. The van der Waals surface area contributed by atoms with Crippen molar-refractivity contribution in [2.45, 2.75) is 59.2 Å². The fourth-order valence-corrected chi connectivity index (χ4v) is 9.19. The van der Waals surface area contributed by atoms with E-state index in [-0.39, 0.29) is 20.1 Å². The normalized spacial score (nSPS) is 11.6. The van der Waals surface area contributed by atoms with Crippen molar-refractivity contribution in [1.82, 2.24) is 9.97 Å². The SMILES string of the molecule is CC(C)c1ccnc(-c2[c-]cc(-c3ccccc3)c3c2sc2c(C(C)C)cccc23)c1.C[Si](C)(C)c1ccc(-c2[c-]ccc3ccccc23)nc1.[Ir]. The van der Waals surface area contributed by atoms with Gasteiger partial charge in [0.1, 0.15) is 0 Å². The van der Waals surface area contributed by atoms with Crippen molar-refractivity contribution in [2.75, 3.05) is 0 Å². The van der Waals surface area contributed by atoms with E-state index in [1.807, 2.05) is 29.8 Å². The number of fused-ring (bicyclic) bond motifs is 4. The summed E-state index contributed by atoms with van der Waals surface area (Å²) in [7, 11) is -1.28. The Balaban J connectivity index is 0.000000192. The zero-order valence-corrected chi connectivity index (χ0v) is 35.1. The molecular formula is C47H44IrN2SSi-2. The smallest absolute Gasteiger partial charge is 0.0795 e. The van der Waals surface area contributed by atoms with Gasteiger partial charge in [-0.3, -0.25) is 0 Å². The fraction of sp³-hybridized carbons (Fsp3) is 0.191. The van der Waals surface area contributed by atoms with E-state index in [0.717, 1.165) is 22.5 Å². The number of hydrogen-bond donors (Lipinski definition) is 0. The second-order valence-electron chi connectivity index (χ2n) is 14.9. The summed E-state index contributed by atoms with van der Waals surface area (Å²) in [6, 6.07) is 47.7. The van der Waals surface area contributed by atoms with E-state index in [0.29, 0.717) is 11.8 Å². The summed E-state index contributed by atoms with van der Waals surface area (Å²) in [6.07, 6.45) is 3.97. The Bertz CT molecular complexity index is 2450. The molecule has 0 unspecified atom stereocenters. The van der Waals surface area contributed by atoms with Gasteiger partial charge in [0.15, 0.2) is 0 Å². The van der Waals surface area contributed by atoms with Gasteiger partial charge in [-0.25, -0.2) is 0 Å². The summed E-state index contributed by atoms with van der Waals surface area (Å²) in [5.41, 5.74) is 9.39. The van der Waals surface area contributed by atoms with Crippen LogP contribution < -0.4 is 5.19 Å². The molecule has 0 atom stereocenters. The number of nitrogens with zero attached hydrogens (tertiary/aromatic N) is 2. The quantitative estimate of drug-likeness (QED) is 0.123. The van der Waals surface area contributed by atoms with E-state index >= 15 is 0 Å². The van der Waals surface area contributed by atoms with E-state index in [1.165, 1.54) is 58.4 Å². The summed E-state index contributed by atoms with van der Waals surface area (Å²) >= 11 is 1.89. The molecule has 2 nitrogen and oxygen atoms in total. The molecule has 5 heteroatoms. The van der Waals surface area contributed by atoms with Gasteiger partial charge in [0, 0.05) is 37.2 Å². The van der Waals surface area contributed by atoms with Crippen molar-refractivity contribution < 1.29 is 20.1 Å². The molecule has 0 spiro atoms. The molecule has 1 radical (unpaired) electrons. The molecule has 0 bridgehead atoms. The molecule has 0 amide bonds. The van der Waals surface area contributed by atoms with Crippen molar-refractivity contribution >= 4 is 55.5 Å². The fourth-order valence-electron chi connectivity index (χ4n) is 6.66. The molecule has 0 aliphatic heterocycles. The van der Waals surface area contributed by atoms with Crippen LogP contribution in [0.15, 0.2) is 128 Å². The molecule has 52 heavy (non-hydrogen) atoms. The molecule has 0 fully saturated rings. The van der Waals surface area contributed by atoms with Gasteiger partial charge < -0.3 is 9.97 Å². The molecule has 8 rings (SSSR count). The Morgan fingerprint density at radius 2 is 1.40 bits per heavy atom. The van der Waals surface area contributed by atoms with Crippen LogP contribution in [0.4, 0.5) is 0 Å². The van der Waals surface area contributed by atoms with E-state index < -0.39 is 8.07 Å². The van der Waals surface area contributed by atoms with Gasteiger partial charge in [-0.2, -0.15) is 11.3 Å². The van der Waals surface area contributed by atoms with Crippen molar-refractivity contribution in [3.05, 3.63) is 151 Å². The monoisotopic (exact) mass is 889 g/mol. The van der Waals surface area contributed by atoms with E-state index in [9.17, 15) is 0 Å². The standard InChI is InChI=1S/C29H26NS.C18H18NSi.Ir/c1-18(2)21-15-16-30-26(17-21)24-14-13-23(20-9-6-5-7-10-20)27-25-12-8-11-22(19(3)4)28(25)31-29(24)27;1-20(2,3)15-11-12-18(19-13-15)17-10-6-8-14-7-4-5-9-16(14)17;/h5-13,15-19H,1-4H3;4-9,11-13H,1-3H3;/q2*-1;. The number of pyridine rings is 2. The first kappa shape index (κ1) is 37.5. The van der Waals surface area contributed by atoms with Crippen LogP contribution >= 0.6 is 11.3 Å². The van der Waals surface area contributed by atoms with Gasteiger partial charge >= 0.3 is 0 Å². The average molecular weight is 889 g/mol. The van der Waals surface area contributed by atoms with Crippen LogP contribution in [0.1, 0.15) is 50.7 Å². The Labute approximate surface area is 327 Å². The number of aromatic nitrogens is 2. The maximum atomic E-state index is 4.75. The van der Waals surface area contributed by atoms with Gasteiger partial charge in [0.25, 0.3) is 0 Å². The molecule has 3 heterocycles. The number of benzene rings is 5. The average Bonchev–Trinajstić information content (AvgIpc) is 3.54. The number of thiophene rings is 1. The molecule has 0 aliphatic rings. The Morgan fingerprint density at radius 3 is 2.12 bits per heavy atom. The molecule has 3 aromatic heterocycles. The molecule has 0 saturated carbocycles. The first-order chi connectivity index (χ1) is 24.6. The third-order valence-corrected chi connectivity index (χ3v) is 12.9. The topological polar surface area (TPSA) is 25.8 Å². The van der Waals surface area contributed by atoms with Gasteiger partial charge in [0.2, 0.25) is 0 Å². The van der Waals surface area contributed by atoms with Crippen LogP contribution in [0.3, 0.4) is 0 Å². The van der Waals surface area contributed by atoms with E-state index in [2.05, 4.69) is 174 Å². The third kappa shape index (κ3) is 7.60. The van der Waals surface area contributed by atoms with Crippen LogP contribution in [0, 0.1) is 12.1 Å². The summed E-state index contributed by atoms with van der Waals surface area (Å²) in [5.74, 6) is 0.947. The van der Waals surface area contributed by atoms with E-state index in [1.54, 1.807) is 0 Å². The minimum atomic E-state index is -1.28. The zero-order chi connectivity index (χ0) is 35.7. The second kappa shape index (κ2) is 15.8. The van der Waals surface area contributed by atoms with Crippen LogP contribution in [-0.4, -0.2) is 18.0 Å². The zero-order valence-electron chi connectivity index (χ0n) is 30.9. The maximum absolute atomic E-state index is 4.75. The van der Waals surface area contributed by atoms with Gasteiger partial charge in [0.05, 0.1) is 8.07 Å². The van der Waals surface area contributed by atoms with Crippen LogP contribution in [-0.2, 0) is 20.1 Å². The molecule has 5 aromatic carbocycles.